The van der Waals surface area contributed by atoms with Crippen LogP contribution >= 0.6 is 0 Å². The molecule has 1 aromatic carbocycles. The summed E-state index contributed by atoms with van der Waals surface area (Å²) in [5, 5.41) is 3.36. The molecule has 1 fully saturated rings. The Morgan fingerprint density at radius 2 is 2.06 bits per heavy atom. The van der Waals surface area contributed by atoms with Crippen molar-refractivity contribution in [3.8, 4) is 5.75 Å². The average Bonchev–Trinajstić information content (AvgIpc) is 2.64. The fraction of sp³-hybridized carbons (Fsp3) is 0.600. The second-order valence-corrected chi connectivity index (χ2v) is 5.10. The van der Waals surface area contributed by atoms with Crippen molar-refractivity contribution < 1.29 is 9.13 Å². The normalized spacial score (nSPS) is 24.6. The maximum absolute atomic E-state index is 13.7. The Morgan fingerprint density at radius 3 is 2.72 bits per heavy atom. The molecule has 2 nitrogen and oxygen atoms in total. The van der Waals surface area contributed by atoms with Crippen LogP contribution in [-0.2, 0) is 0 Å². The minimum atomic E-state index is -0.250. The lowest BCUT2D eigenvalue weighted by molar-refractivity contribution is 0.385. The summed E-state index contributed by atoms with van der Waals surface area (Å²) in [6.45, 7) is 0. The largest absolute Gasteiger partial charge is 0.494 e. The Labute approximate surface area is 109 Å². The number of hydrogen-bond donors (Lipinski definition) is 1. The monoisotopic (exact) mass is 251 g/mol. The lowest BCUT2D eigenvalue weighted by Crippen LogP contribution is -2.25. The van der Waals surface area contributed by atoms with Crippen molar-refractivity contribution in [2.75, 3.05) is 14.2 Å². The van der Waals surface area contributed by atoms with E-state index in [2.05, 4.69) is 5.32 Å². The van der Waals surface area contributed by atoms with Gasteiger partial charge in [-0.25, -0.2) is 4.39 Å². The van der Waals surface area contributed by atoms with Gasteiger partial charge in [-0.1, -0.05) is 18.9 Å². The molecule has 18 heavy (non-hydrogen) atoms. The topological polar surface area (TPSA) is 21.3 Å². The van der Waals surface area contributed by atoms with Gasteiger partial charge in [-0.3, -0.25) is 0 Å². The molecule has 1 aromatic rings. The van der Waals surface area contributed by atoms with Gasteiger partial charge in [-0.05, 0) is 49.9 Å². The van der Waals surface area contributed by atoms with E-state index in [1.165, 1.54) is 26.4 Å². The van der Waals surface area contributed by atoms with Crippen molar-refractivity contribution in [1.29, 1.82) is 0 Å². The van der Waals surface area contributed by atoms with Crippen LogP contribution in [0.5, 0.6) is 5.75 Å². The highest BCUT2D eigenvalue weighted by molar-refractivity contribution is 5.31. The second kappa shape index (κ2) is 6.19. The molecule has 0 radical (unpaired) electrons. The number of halogens is 1. The van der Waals surface area contributed by atoms with Crippen LogP contribution in [0.4, 0.5) is 4.39 Å². The lowest BCUT2D eigenvalue weighted by Gasteiger charge is -2.20. The minimum absolute atomic E-state index is 0.250. The number of methoxy groups -OCH3 is 1. The first-order valence-electron chi connectivity index (χ1n) is 6.75. The van der Waals surface area contributed by atoms with Crippen molar-refractivity contribution in [3.63, 3.8) is 0 Å². The van der Waals surface area contributed by atoms with Crippen LogP contribution in [0.15, 0.2) is 18.2 Å². The SMILES string of the molecule is CNC1CCCCC(c2ccc(OC)c(F)c2)C1. The van der Waals surface area contributed by atoms with E-state index in [0.717, 1.165) is 18.4 Å². The van der Waals surface area contributed by atoms with Gasteiger partial charge in [0.15, 0.2) is 11.6 Å². The summed E-state index contributed by atoms with van der Waals surface area (Å²) in [5.74, 6) is 0.545. The van der Waals surface area contributed by atoms with E-state index in [4.69, 9.17) is 4.74 Å². The predicted molar refractivity (Wildman–Crippen MR) is 71.6 cm³/mol. The van der Waals surface area contributed by atoms with Gasteiger partial charge in [0.2, 0.25) is 0 Å². The van der Waals surface area contributed by atoms with E-state index < -0.39 is 0 Å². The summed E-state index contributed by atoms with van der Waals surface area (Å²) >= 11 is 0. The van der Waals surface area contributed by atoms with E-state index in [1.54, 1.807) is 12.1 Å². The van der Waals surface area contributed by atoms with Crippen LogP contribution in [0.25, 0.3) is 0 Å². The molecule has 100 valence electrons. The van der Waals surface area contributed by atoms with Crippen molar-refractivity contribution in [1.82, 2.24) is 5.32 Å². The molecular weight excluding hydrogens is 229 g/mol. The van der Waals surface area contributed by atoms with E-state index in [9.17, 15) is 4.39 Å². The first-order valence-corrected chi connectivity index (χ1v) is 6.75. The van der Waals surface area contributed by atoms with Crippen molar-refractivity contribution in [2.45, 2.75) is 44.1 Å². The Hall–Kier alpha value is -1.09. The van der Waals surface area contributed by atoms with Crippen LogP contribution in [0, 0.1) is 5.82 Å². The fourth-order valence-electron chi connectivity index (χ4n) is 2.86. The maximum atomic E-state index is 13.7. The van der Waals surface area contributed by atoms with Gasteiger partial charge in [0.05, 0.1) is 7.11 Å². The standard InChI is InChI=1S/C15H22FNO/c1-17-13-6-4-3-5-11(9-13)12-7-8-15(18-2)14(16)10-12/h7-8,10-11,13,17H,3-6,9H2,1-2H3. The summed E-state index contributed by atoms with van der Waals surface area (Å²) in [6, 6.07) is 5.94. The molecule has 0 bridgehead atoms. The maximum Gasteiger partial charge on any atom is 0.165 e. The smallest absolute Gasteiger partial charge is 0.165 e. The number of nitrogens with one attached hydrogen (secondary N) is 1. The zero-order valence-corrected chi connectivity index (χ0v) is 11.2. The zero-order valence-electron chi connectivity index (χ0n) is 11.2. The molecule has 1 N–H and O–H groups in total. The third kappa shape index (κ3) is 3.02. The van der Waals surface area contributed by atoms with E-state index in [1.807, 2.05) is 13.1 Å². The molecule has 1 aliphatic carbocycles. The molecule has 0 aliphatic heterocycles. The molecule has 2 rings (SSSR count). The van der Waals surface area contributed by atoms with Crippen molar-refractivity contribution >= 4 is 0 Å². The van der Waals surface area contributed by atoms with Gasteiger partial charge < -0.3 is 10.1 Å². The van der Waals surface area contributed by atoms with Crippen molar-refractivity contribution in [3.05, 3.63) is 29.6 Å². The van der Waals surface area contributed by atoms with E-state index in [0.29, 0.717) is 17.7 Å². The summed E-state index contributed by atoms with van der Waals surface area (Å²) in [7, 11) is 3.52. The Kier molecular flexibility index (Phi) is 4.59. The third-order valence-electron chi connectivity index (χ3n) is 3.98. The zero-order chi connectivity index (χ0) is 13.0. The summed E-state index contributed by atoms with van der Waals surface area (Å²) < 4.78 is 18.7. The first kappa shape index (κ1) is 13.3. The lowest BCUT2D eigenvalue weighted by atomic mass is 9.90. The molecular formula is C15H22FNO. The molecule has 0 amide bonds. The average molecular weight is 251 g/mol. The van der Waals surface area contributed by atoms with Crippen LogP contribution in [-0.4, -0.2) is 20.2 Å². The summed E-state index contributed by atoms with van der Waals surface area (Å²) in [6.07, 6.45) is 5.98. The molecule has 1 aliphatic rings. The highest BCUT2D eigenvalue weighted by Gasteiger charge is 2.21. The van der Waals surface area contributed by atoms with Crippen LogP contribution < -0.4 is 10.1 Å². The third-order valence-corrected chi connectivity index (χ3v) is 3.98. The molecule has 2 unspecified atom stereocenters. The molecule has 0 saturated heterocycles. The molecule has 1 saturated carbocycles. The Bertz CT molecular complexity index is 394. The van der Waals surface area contributed by atoms with Gasteiger partial charge in [0.1, 0.15) is 0 Å². The van der Waals surface area contributed by atoms with Gasteiger partial charge in [0.25, 0.3) is 0 Å². The number of hydrogen-bond acceptors (Lipinski definition) is 2. The van der Waals surface area contributed by atoms with Crippen LogP contribution in [0.2, 0.25) is 0 Å². The second-order valence-electron chi connectivity index (χ2n) is 5.10. The molecule has 2 atom stereocenters. The van der Waals surface area contributed by atoms with Gasteiger partial charge in [-0.2, -0.15) is 0 Å². The summed E-state index contributed by atoms with van der Waals surface area (Å²) in [5.41, 5.74) is 1.11. The van der Waals surface area contributed by atoms with Gasteiger partial charge in [-0.15, -0.1) is 0 Å². The van der Waals surface area contributed by atoms with E-state index >= 15 is 0 Å². The molecule has 0 aromatic heterocycles. The van der Waals surface area contributed by atoms with Crippen LogP contribution in [0.1, 0.15) is 43.6 Å². The predicted octanol–water partition coefficient (Wildman–Crippen LogP) is 3.47. The number of rotatable bonds is 3. The molecule has 0 spiro atoms. The molecule has 3 heteroatoms. The van der Waals surface area contributed by atoms with Gasteiger partial charge >= 0.3 is 0 Å². The highest BCUT2D eigenvalue weighted by Crippen LogP contribution is 2.33. The highest BCUT2D eigenvalue weighted by atomic mass is 19.1. The Morgan fingerprint density at radius 1 is 1.28 bits per heavy atom. The van der Waals surface area contributed by atoms with Crippen molar-refractivity contribution in [2.24, 2.45) is 0 Å². The quantitative estimate of drug-likeness (QED) is 0.831. The number of ether oxygens (including phenoxy) is 1. The Balaban J connectivity index is 2.16. The fourth-order valence-corrected chi connectivity index (χ4v) is 2.86. The summed E-state index contributed by atoms with van der Waals surface area (Å²) in [4.78, 5) is 0. The first-order chi connectivity index (χ1) is 8.74. The molecule has 0 heterocycles. The van der Waals surface area contributed by atoms with Gasteiger partial charge in [0, 0.05) is 6.04 Å². The van der Waals surface area contributed by atoms with E-state index in [-0.39, 0.29) is 5.82 Å². The number of benzene rings is 1. The minimum Gasteiger partial charge on any atom is -0.494 e. The van der Waals surface area contributed by atoms with Crippen LogP contribution in [0.3, 0.4) is 0 Å².